The fourth-order valence-corrected chi connectivity index (χ4v) is 3.45. The zero-order valence-electron chi connectivity index (χ0n) is 18.4. The fourth-order valence-electron chi connectivity index (χ4n) is 3.45. The Bertz CT molecular complexity index is 445. The molecule has 0 aromatic heterocycles. The number of nitrogens with one attached hydrogen (secondary N) is 1. The Balaban J connectivity index is 0. The first kappa shape index (κ1) is 30.8. The average molecular weight is 446 g/mol. The minimum absolute atomic E-state index is 0. The Morgan fingerprint density at radius 2 is 1.07 bits per heavy atom. The van der Waals surface area contributed by atoms with E-state index in [1.165, 1.54) is 77.0 Å². The molecule has 6 nitrogen and oxygen atoms in total. The minimum atomic E-state index is -1.18. The molecule has 0 fully saturated rings. The molecule has 0 aromatic rings. The molecule has 0 rings (SSSR count). The lowest BCUT2D eigenvalue weighted by Crippen LogP contribution is -2.41. The highest BCUT2D eigenvalue weighted by atomic mass is 28.1. The van der Waals surface area contributed by atoms with Gasteiger partial charge >= 0.3 is 11.9 Å². The molecule has 1 amide bonds. The quantitative estimate of drug-likeness (QED) is 0.181. The number of unbranched alkanes of at least 4 members (excludes halogenated alkanes) is 14. The number of amides is 1. The van der Waals surface area contributed by atoms with Gasteiger partial charge in [-0.2, -0.15) is 0 Å². The summed E-state index contributed by atoms with van der Waals surface area (Å²) in [4.78, 5) is 33.4. The zero-order valence-corrected chi connectivity index (χ0v) is 18.4. The number of carbonyl (C=O) groups is 3. The Morgan fingerprint density at radius 3 is 1.43 bits per heavy atom. The predicted octanol–water partition coefficient (Wildman–Crippen LogP) is 4.23. The van der Waals surface area contributed by atoms with Gasteiger partial charge in [-0.25, -0.2) is 4.79 Å². The lowest BCUT2D eigenvalue weighted by Gasteiger charge is -2.13. The van der Waals surface area contributed by atoms with Gasteiger partial charge in [-0.05, 0) is 23.8 Å². The lowest BCUT2D eigenvalue weighted by molar-refractivity contribution is -0.143. The number of carboxylic acids is 2. The molecule has 0 heterocycles. The van der Waals surface area contributed by atoms with Crippen molar-refractivity contribution < 1.29 is 24.6 Å². The maximum Gasteiger partial charge on any atom is 0.326 e. The molecule has 0 aliphatic carbocycles. The molecule has 30 heavy (non-hydrogen) atoms. The van der Waals surface area contributed by atoms with E-state index in [-0.39, 0.29) is 29.7 Å². The van der Waals surface area contributed by atoms with Crippen LogP contribution < -0.4 is 5.32 Å². The van der Waals surface area contributed by atoms with Gasteiger partial charge < -0.3 is 15.5 Å². The highest BCUT2D eigenvalue weighted by Gasteiger charge is 2.20. The molecular weight excluding hydrogens is 398 g/mol. The van der Waals surface area contributed by atoms with Crippen LogP contribution >= 0.6 is 0 Å². The topological polar surface area (TPSA) is 104 Å². The minimum Gasteiger partial charge on any atom is -0.481 e. The first-order valence-electron chi connectivity index (χ1n) is 11.7. The third-order valence-electron chi connectivity index (χ3n) is 5.29. The van der Waals surface area contributed by atoms with Crippen LogP contribution in [0.2, 0.25) is 0 Å². The molecule has 0 aromatic carbocycles. The van der Waals surface area contributed by atoms with Gasteiger partial charge in [-0.15, -0.1) is 0 Å². The molecule has 3 N–H and O–H groups in total. The van der Waals surface area contributed by atoms with Gasteiger partial charge in [0, 0.05) is 12.8 Å². The van der Waals surface area contributed by atoms with Crippen molar-refractivity contribution in [2.24, 2.45) is 0 Å². The Kier molecular flexibility index (Phi) is 22.9. The summed E-state index contributed by atoms with van der Waals surface area (Å²) in [7, 11) is 0. The van der Waals surface area contributed by atoms with Crippen LogP contribution in [0, 0.1) is 0 Å². The van der Waals surface area contributed by atoms with E-state index in [1.54, 1.807) is 0 Å². The lowest BCUT2D eigenvalue weighted by atomic mass is 10.0. The molecule has 0 saturated heterocycles. The number of rotatable bonds is 21. The Morgan fingerprint density at radius 1 is 0.667 bits per heavy atom. The summed E-state index contributed by atoms with van der Waals surface area (Å²) in [6.45, 7) is 2.25. The summed E-state index contributed by atoms with van der Waals surface area (Å²) in [6.07, 6.45) is 18.8. The summed E-state index contributed by atoms with van der Waals surface area (Å²) < 4.78 is 0. The number of hydrogen-bond acceptors (Lipinski definition) is 3. The largest absolute Gasteiger partial charge is 0.481 e. The predicted molar refractivity (Wildman–Crippen MR) is 127 cm³/mol. The van der Waals surface area contributed by atoms with Gasteiger partial charge in [-0.1, -0.05) is 96.8 Å². The summed E-state index contributed by atoms with van der Waals surface area (Å²) >= 11 is 0. The summed E-state index contributed by atoms with van der Waals surface area (Å²) in [5.41, 5.74) is 0. The van der Waals surface area contributed by atoms with Crippen LogP contribution in [0.15, 0.2) is 0 Å². The highest BCUT2D eigenvalue weighted by molar-refractivity contribution is 5.83. The van der Waals surface area contributed by atoms with Crippen LogP contribution in [0.25, 0.3) is 0 Å². The van der Waals surface area contributed by atoms with E-state index in [4.69, 9.17) is 10.2 Å². The van der Waals surface area contributed by atoms with Crippen molar-refractivity contribution in [2.45, 2.75) is 129 Å². The van der Waals surface area contributed by atoms with Crippen molar-refractivity contribution in [3.63, 3.8) is 0 Å². The molecule has 1 unspecified atom stereocenters. The van der Waals surface area contributed by atoms with E-state index in [2.05, 4.69) is 12.2 Å². The Hall–Kier alpha value is -1.37. The molecule has 0 aliphatic rings. The number of carbonyl (C=O) groups excluding carboxylic acids is 1. The van der Waals surface area contributed by atoms with E-state index in [1.807, 2.05) is 0 Å². The normalized spacial score (nSPS) is 11.5. The molecule has 0 aliphatic heterocycles. The van der Waals surface area contributed by atoms with Crippen molar-refractivity contribution in [3.8, 4) is 0 Å². The van der Waals surface area contributed by atoms with Crippen LogP contribution in [0.1, 0.15) is 122 Å². The molecular formula is C23H47NO5Si. The van der Waals surface area contributed by atoms with E-state index in [0.717, 1.165) is 19.3 Å². The van der Waals surface area contributed by atoms with Crippen LogP contribution in [0.5, 0.6) is 0 Å². The first-order chi connectivity index (χ1) is 14.0. The molecule has 0 spiro atoms. The van der Waals surface area contributed by atoms with Gasteiger partial charge in [0.15, 0.2) is 0 Å². The van der Waals surface area contributed by atoms with Gasteiger partial charge in [0.1, 0.15) is 6.04 Å². The molecule has 7 heteroatoms. The van der Waals surface area contributed by atoms with Gasteiger partial charge in [-0.3, -0.25) is 9.59 Å². The van der Waals surface area contributed by atoms with Gasteiger partial charge in [0.05, 0.1) is 0 Å². The molecule has 178 valence electrons. The smallest absolute Gasteiger partial charge is 0.326 e. The van der Waals surface area contributed by atoms with Gasteiger partial charge in [0.2, 0.25) is 5.91 Å². The fraction of sp³-hybridized carbons (Fsp3) is 0.870. The standard InChI is InChI=1S/C23H43NO5.H4Si/c1-2-3-4-5-6-7-8-9-10-11-12-13-14-15-16-17-21(25)24-20(23(28)29)18-19-22(26)27;/h20H,2-19H2,1H3,(H,24,25)(H,26,27)(H,28,29);1H4. The summed E-state index contributed by atoms with van der Waals surface area (Å²) in [5, 5.41) is 20.1. The van der Waals surface area contributed by atoms with E-state index in [9.17, 15) is 14.4 Å². The van der Waals surface area contributed by atoms with Crippen molar-refractivity contribution in [1.29, 1.82) is 0 Å². The Labute approximate surface area is 187 Å². The summed E-state index contributed by atoms with van der Waals surface area (Å²) in [6, 6.07) is -1.12. The van der Waals surface area contributed by atoms with Crippen LogP contribution in [0.3, 0.4) is 0 Å². The van der Waals surface area contributed by atoms with Crippen LogP contribution in [0.4, 0.5) is 0 Å². The average Bonchev–Trinajstić information content (AvgIpc) is 2.67. The monoisotopic (exact) mass is 445 g/mol. The van der Waals surface area contributed by atoms with Crippen molar-refractivity contribution in [3.05, 3.63) is 0 Å². The molecule has 0 bridgehead atoms. The van der Waals surface area contributed by atoms with Crippen LogP contribution in [-0.4, -0.2) is 45.1 Å². The van der Waals surface area contributed by atoms with Crippen molar-refractivity contribution in [2.75, 3.05) is 0 Å². The molecule has 0 radical (unpaired) electrons. The second-order valence-electron chi connectivity index (χ2n) is 8.09. The highest BCUT2D eigenvalue weighted by Crippen LogP contribution is 2.13. The van der Waals surface area contributed by atoms with Crippen molar-refractivity contribution in [1.82, 2.24) is 5.32 Å². The maximum absolute atomic E-state index is 11.8. The van der Waals surface area contributed by atoms with E-state index < -0.39 is 18.0 Å². The second-order valence-corrected chi connectivity index (χ2v) is 8.09. The third-order valence-corrected chi connectivity index (χ3v) is 5.29. The first-order valence-corrected chi connectivity index (χ1v) is 11.7. The number of aliphatic carboxylic acids is 2. The van der Waals surface area contributed by atoms with E-state index in [0.29, 0.717) is 6.42 Å². The second kappa shape index (κ2) is 22.3. The molecule has 0 saturated carbocycles. The van der Waals surface area contributed by atoms with Crippen LogP contribution in [-0.2, 0) is 14.4 Å². The number of carboxylic acid groups (broad SMARTS) is 2. The van der Waals surface area contributed by atoms with Crippen molar-refractivity contribution >= 4 is 28.8 Å². The van der Waals surface area contributed by atoms with Gasteiger partial charge in [0.25, 0.3) is 0 Å². The molecule has 1 atom stereocenters. The maximum atomic E-state index is 11.8. The number of hydrogen-bond donors (Lipinski definition) is 3. The third kappa shape index (κ3) is 21.3. The zero-order chi connectivity index (χ0) is 21.7. The summed E-state index contributed by atoms with van der Waals surface area (Å²) in [5.74, 6) is -2.55. The SMILES string of the molecule is CCCCCCCCCCCCCCCCCC(=O)NC(CCC(=O)O)C(=O)O.[SiH4]. The van der Waals surface area contributed by atoms with E-state index >= 15 is 0 Å².